The summed E-state index contributed by atoms with van der Waals surface area (Å²) in [5, 5.41) is 12.6. The van der Waals surface area contributed by atoms with E-state index in [1.54, 1.807) is 0 Å². The average Bonchev–Trinajstić information content (AvgIpc) is 3.24. The van der Waals surface area contributed by atoms with Crippen molar-refractivity contribution in [1.29, 1.82) is 0 Å². The van der Waals surface area contributed by atoms with Crippen molar-refractivity contribution in [2.75, 3.05) is 0 Å². The van der Waals surface area contributed by atoms with Crippen molar-refractivity contribution in [2.45, 2.75) is 63.7 Å². The van der Waals surface area contributed by atoms with Crippen LogP contribution in [0.3, 0.4) is 0 Å². The quantitative estimate of drug-likeness (QED) is 0.830. The molecule has 5 nitrogen and oxygen atoms in total. The molecule has 2 aliphatic carbocycles. The molecule has 122 valence electrons. The van der Waals surface area contributed by atoms with Gasteiger partial charge in [0.05, 0.1) is 24.0 Å². The molecule has 0 aromatic carbocycles. The lowest BCUT2D eigenvalue weighted by Crippen LogP contribution is -2.48. The van der Waals surface area contributed by atoms with E-state index in [1.165, 1.54) is 25.7 Å². The zero-order chi connectivity index (χ0) is 15.4. The Hall–Kier alpha value is -1.10. The Morgan fingerprint density at radius 2 is 1.82 bits per heavy atom. The monoisotopic (exact) mass is 307 g/mol. The molecule has 4 fully saturated rings. The molecule has 8 atom stereocenters. The van der Waals surface area contributed by atoms with Crippen LogP contribution >= 0.6 is 0 Å². The van der Waals surface area contributed by atoms with Crippen LogP contribution in [0.2, 0.25) is 0 Å². The van der Waals surface area contributed by atoms with E-state index in [0.29, 0.717) is 5.92 Å². The van der Waals surface area contributed by atoms with Crippen LogP contribution < -0.4 is 5.32 Å². The molecule has 1 amide bonds. The molecule has 2 heterocycles. The summed E-state index contributed by atoms with van der Waals surface area (Å²) in [7, 11) is 0. The summed E-state index contributed by atoms with van der Waals surface area (Å²) < 4.78 is 5.69. The van der Waals surface area contributed by atoms with Gasteiger partial charge in [-0.25, -0.2) is 0 Å². The first-order valence-corrected chi connectivity index (χ1v) is 8.73. The van der Waals surface area contributed by atoms with Crippen LogP contribution in [0.15, 0.2) is 0 Å². The van der Waals surface area contributed by atoms with E-state index in [2.05, 4.69) is 12.2 Å². The normalized spacial score (nSPS) is 46.9. The Labute approximate surface area is 130 Å². The maximum Gasteiger partial charge on any atom is 0.310 e. The largest absolute Gasteiger partial charge is 0.481 e. The lowest BCUT2D eigenvalue weighted by molar-refractivity contribution is -0.148. The number of carbonyl (C=O) groups is 2. The van der Waals surface area contributed by atoms with Crippen LogP contribution in [0.5, 0.6) is 0 Å². The number of carboxylic acid groups (broad SMARTS) is 1. The highest BCUT2D eigenvalue weighted by atomic mass is 16.5. The molecule has 2 saturated carbocycles. The average molecular weight is 307 g/mol. The molecule has 0 aromatic rings. The number of hydrogen-bond acceptors (Lipinski definition) is 3. The number of carboxylic acids is 1. The van der Waals surface area contributed by atoms with Gasteiger partial charge in [-0.1, -0.05) is 6.42 Å². The minimum absolute atomic E-state index is 0.102. The molecule has 2 N–H and O–H groups in total. The van der Waals surface area contributed by atoms with Gasteiger partial charge in [0.1, 0.15) is 0 Å². The lowest BCUT2D eigenvalue weighted by atomic mass is 9.78. The van der Waals surface area contributed by atoms with E-state index >= 15 is 0 Å². The van der Waals surface area contributed by atoms with Crippen molar-refractivity contribution in [3.63, 3.8) is 0 Å². The SMILES string of the molecule is C[C@H](NC(=O)[C@@H]1[C@@H](C(=O)O)[C@H]2CC[C@@H]1O2)[C@@H]1C[C@@H]2CC[C@@H]1C2. The predicted octanol–water partition coefficient (Wildman–Crippen LogP) is 1.81. The van der Waals surface area contributed by atoms with Crippen LogP contribution in [-0.4, -0.2) is 35.2 Å². The fourth-order valence-electron chi connectivity index (χ4n) is 5.66. The maximum absolute atomic E-state index is 12.7. The summed E-state index contributed by atoms with van der Waals surface area (Å²) >= 11 is 0. The second-order valence-electron chi connectivity index (χ2n) is 7.82. The minimum atomic E-state index is -0.889. The van der Waals surface area contributed by atoms with Gasteiger partial charge in [0.15, 0.2) is 0 Å². The number of ether oxygens (including phenoxy) is 1. The number of amides is 1. The van der Waals surface area contributed by atoms with Gasteiger partial charge in [-0.15, -0.1) is 0 Å². The summed E-state index contributed by atoms with van der Waals surface area (Å²) in [5.74, 6) is 0.0300. The Bertz CT molecular complexity index is 493. The molecule has 2 aliphatic heterocycles. The van der Waals surface area contributed by atoms with Crippen LogP contribution in [0.1, 0.15) is 45.4 Å². The first-order valence-electron chi connectivity index (χ1n) is 8.73. The van der Waals surface area contributed by atoms with Gasteiger partial charge >= 0.3 is 5.97 Å². The van der Waals surface area contributed by atoms with E-state index in [4.69, 9.17) is 4.74 Å². The molecule has 4 bridgehead atoms. The van der Waals surface area contributed by atoms with Crippen molar-refractivity contribution >= 4 is 11.9 Å². The molecule has 2 saturated heterocycles. The summed E-state index contributed by atoms with van der Waals surface area (Å²) in [6.07, 6.45) is 6.31. The third-order valence-electron chi connectivity index (χ3n) is 6.67. The van der Waals surface area contributed by atoms with Gasteiger partial charge in [0, 0.05) is 6.04 Å². The standard InChI is InChI=1S/C17H25NO4/c1-8(11-7-9-2-3-10(11)6-9)18-16(19)14-12-4-5-13(22-12)15(14)17(20)21/h8-15H,2-7H2,1H3,(H,18,19)(H,20,21)/t8-,9+,10+,11-,12-,13+,14-,15-/m0/s1. The van der Waals surface area contributed by atoms with Gasteiger partial charge in [-0.05, 0) is 56.8 Å². The highest BCUT2D eigenvalue weighted by Crippen LogP contribution is 2.50. The zero-order valence-electron chi connectivity index (χ0n) is 13.0. The summed E-state index contributed by atoms with van der Waals surface area (Å²) in [6, 6.07) is 0.149. The molecule has 0 aromatic heterocycles. The highest BCUT2D eigenvalue weighted by molar-refractivity contribution is 5.86. The molecule has 0 unspecified atom stereocenters. The lowest BCUT2D eigenvalue weighted by Gasteiger charge is -2.31. The van der Waals surface area contributed by atoms with E-state index in [9.17, 15) is 14.7 Å². The summed E-state index contributed by atoms with van der Waals surface area (Å²) in [5.41, 5.74) is 0. The number of fused-ring (bicyclic) bond motifs is 4. The molecule has 5 heteroatoms. The van der Waals surface area contributed by atoms with Crippen molar-refractivity contribution in [3.05, 3.63) is 0 Å². The molecular formula is C17H25NO4. The first kappa shape index (κ1) is 14.5. The second-order valence-corrected chi connectivity index (χ2v) is 7.82. The van der Waals surface area contributed by atoms with Crippen LogP contribution in [0, 0.1) is 29.6 Å². The van der Waals surface area contributed by atoms with Crippen LogP contribution in [-0.2, 0) is 14.3 Å². The van der Waals surface area contributed by atoms with E-state index < -0.39 is 17.8 Å². The molecule has 0 spiro atoms. The molecule has 22 heavy (non-hydrogen) atoms. The van der Waals surface area contributed by atoms with Crippen molar-refractivity contribution < 1.29 is 19.4 Å². The number of hydrogen-bond donors (Lipinski definition) is 2. The summed E-state index contributed by atoms with van der Waals surface area (Å²) in [6.45, 7) is 2.09. The topological polar surface area (TPSA) is 75.6 Å². The van der Waals surface area contributed by atoms with Gasteiger partial charge in [0.2, 0.25) is 5.91 Å². The van der Waals surface area contributed by atoms with E-state index in [-0.39, 0.29) is 24.2 Å². The minimum Gasteiger partial charge on any atom is -0.481 e. The number of carbonyl (C=O) groups excluding carboxylic acids is 1. The van der Waals surface area contributed by atoms with Gasteiger partial charge in [-0.2, -0.15) is 0 Å². The van der Waals surface area contributed by atoms with Crippen molar-refractivity contribution in [3.8, 4) is 0 Å². The third kappa shape index (κ3) is 2.16. The summed E-state index contributed by atoms with van der Waals surface area (Å²) in [4.78, 5) is 24.2. The van der Waals surface area contributed by atoms with Crippen molar-refractivity contribution in [2.24, 2.45) is 29.6 Å². The second kappa shape index (κ2) is 5.22. The Kier molecular flexibility index (Phi) is 3.44. The Morgan fingerprint density at radius 1 is 1.09 bits per heavy atom. The molecular weight excluding hydrogens is 282 g/mol. The highest BCUT2D eigenvalue weighted by Gasteiger charge is 2.56. The van der Waals surface area contributed by atoms with Crippen LogP contribution in [0.4, 0.5) is 0 Å². The third-order valence-corrected chi connectivity index (χ3v) is 6.67. The van der Waals surface area contributed by atoms with Gasteiger partial charge < -0.3 is 15.2 Å². The smallest absolute Gasteiger partial charge is 0.310 e. The number of aliphatic carboxylic acids is 1. The van der Waals surface area contributed by atoms with E-state index in [1.807, 2.05) is 0 Å². The van der Waals surface area contributed by atoms with Crippen LogP contribution in [0.25, 0.3) is 0 Å². The first-order chi connectivity index (χ1) is 10.5. The van der Waals surface area contributed by atoms with Crippen molar-refractivity contribution in [1.82, 2.24) is 5.32 Å². The van der Waals surface area contributed by atoms with Gasteiger partial charge in [-0.3, -0.25) is 9.59 Å². The zero-order valence-corrected chi connectivity index (χ0v) is 13.0. The Balaban J connectivity index is 1.42. The fourth-order valence-corrected chi connectivity index (χ4v) is 5.66. The molecule has 4 rings (SSSR count). The van der Waals surface area contributed by atoms with Gasteiger partial charge in [0.25, 0.3) is 0 Å². The van der Waals surface area contributed by atoms with E-state index in [0.717, 1.165) is 24.7 Å². The Morgan fingerprint density at radius 3 is 2.41 bits per heavy atom. The number of nitrogens with one attached hydrogen (secondary N) is 1. The number of rotatable bonds is 4. The molecule has 4 aliphatic rings. The maximum atomic E-state index is 12.7. The molecule has 0 radical (unpaired) electrons. The predicted molar refractivity (Wildman–Crippen MR) is 79.1 cm³/mol. The fraction of sp³-hybridized carbons (Fsp3) is 0.882.